The van der Waals surface area contributed by atoms with Gasteiger partial charge in [0.25, 0.3) is 0 Å². The van der Waals surface area contributed by atoms with Crippen molar-refractivity contribution in [2.24, 2.45) is 11.3 Å². The first-order valence-corrected chi connectivity index (χ1v) is 8.99. The second-order valence-electron chi connectivity index (χ2n) is 6.50. The number of carboxylic acid groups (broad SMARTS) is 1. The summed E-state index contributed by atoms with van der Waals surface area (Å²) in [6.45, 7) is 1.01. The van der Waals surface area contributed by atoms with Gasteiger partial charge < -0.3 is 10.0 Å². The molecule has 2 saturated heterocycles. The zero-order chi connectivity index (χ0) is 16.8. The van der Waals surface area contributed by atoms with Gasteiger partial charge in [-0.3, -0.25) is 4.79 Å². The van der Waals surface area contributed by atoms with Gasteiger partial charge in [-0.1, -0.05) is 18.2 Å². The van der Waals surface area contributed by atoms with Gasteiger partial charge in [0, 0.05) is 37.7 Å². The van der Waals surface area contributed by atoms with Crippen LogP contribution in [-0.4, -0.2) is 61.9 Å². The highest BCUT2D eigenvalue weighted by Gasteiger charge is 2.58. The van der Waals surface area contributed by atoms with Crippen LogP contribution in [0.3, 0.4) is 0 Å². The molecule has 1 aromatic carbocycles. The van der Waals surface area contributed by atoms with E-state index in [2.05, 4.69) is 0 Å². The van der Waals surface area contributed by atoms with Gasteiger partial charge in [0.05, 0.1) is 11.2 Å². The van der Waals surface area contributed by atoms with Gasteiger partial charge in [-0.25, -0.2) is 17.1 Å². The molecule has 2 aliphatic rings. The molecule has 2 fully saturated rings. The first-order valence-electron chi connectivity index (χ1n) is 7.38. The third kappa shape index (κ3) is 2.75. The smallest absolute Gasteiger partial charge is 0.312 e. The van der Waals surface area contributed by atoms with Crippen molar-refractivity contribution in [1.29, 1.82) is 0 Å². The summed E-state index contributed by atoms with van der Waals surface area (Å²) in [6.07, 6.45) is 0. The summed E-state index contributed by atoms with van der Waals surface area (Å²) in [5.74, 6) is -2.21. The van der Waals surface area contributed by atoms with E-state index in [1.165, 1.54) is 22.5 Å². The van der Waals surface area contributed by atoms with Crippen molar-refractivity contribution in [2.45, 2.75) is 5.75 Å². The lowest BCUT2D eigenvalue weighted by Gasteiger charge is -2.24. The highest BCUT2D eigenvalue weighted by atomic mass is 32.2. The minimum atomic E-state index is -3.76. The molecule has 1 aromatic rings. The van der Waals surface area contributed by atoms with Gasteiger partial charge >= 0.3 is 5.97 Å². The third-order valence-electron chi connectivity index (χ3n) is 4.86. The Kier molecular flexibility index (Phi) is 3.94. The molecule has 2 atom stereocenters. The molecule has 0 aromatic heterocycles. The molecule has 1 unspecified atom stereocenters. The largest absolute Gasteiger partial charge is 0.481 e. The number of carboxylic acids is 1. The Hall–Kier alpha value is -1.51. The zero-order valence-corrected chi connectivity index (χ0v) is 13.6. The molecule has 3 rings (SSSR count). The number of halogens is 1. The lowest BCUT2D eigenvalue weighted by Crippen LogP contribution is -2.41. The van der Waals surface area contributed by atoms with Gasteiger partial charge in [0.1, 0.15) is 5.82 Å². The Morgan fingerprint density at radius 2 is 2.04 bits per heavy atom. The van der Waals surface area contributed by atoms with Crippen molar-refractivity contribution >= 4 is 16.0 Å². The number of likely N-dealkylation sites (tertiary alicyclic amines) is 1. The second-order valence-corrected chi connectivity index (χ2v) is 8.46. The quantitative estimate of drug-likeness (QED) is 0.867. The topological polar surface area (TPSA) is 77.9 Å². The van der Waals surface area contributed by atoms with Crippen LogP contribution in [0.25, 0.3) is 0 Å². The van der Waals surface area contributed by atoms with E-state index >= 15 is 0 Å². The van der Waals surface area contributed by atoms with Gasteiger partial charge in [-0.05, 0) is 13.1 Å². The summed E-state index contributed by atoms with van der Waals surface area (Å²) in [4.78, 5) is 13.6. The average molecular weight is 342 g/mol. The second kappa shape index (κ2) is 5.54. The van der Waals surface area contributed by atoms with Crippen LogP contribution in [0.4, 0.5) is 4.39 Å². The van der Waals surface area contributed by atoms with Crippen molar-refractivity contribution in [3.8, 4) is 0 Å². The van der Waals surface area contributed by atoms with E-state index in [1.807, 2.05) is 11.9 Å². The minimum absolute atomic E-state index is 0.0475. The number of aliphatic carboxylic acids is 1. The van der Waals surface area contributed by atoms with E-state index in [4.69, 9.17) is 0 Å². The van der Waals surface area contributed by atoms with Crippen LogP contribution in [0.1, 0.15) is 5.56 Å². The molecule has 6 nitrogen and oxygen atoms in total. The molecular formula is C15H19FN2O4S. The van der Waals surface area contributed by atoms with Crippen molar-refractivity contribution in [2.75, 3.05) is 33.2 Å². The number of carbonyl (C=O) groups is 1. The van der Waals surface area contributed by atoms with Crippen LogP contribution in [0, 0.1) is 17.2 Å². The summed E-state index contributed by atoms with van der Waals surface area (Å²) in [6, 6.07) is 5.74. The molecule has 0 bridgehead atoms. The fourth-order valence-electron chi connectivity index (χ4n) is 3.69. The highest BCUT2D eigenvalue weighted by Crippen LogP contribution is 2.43. The van der Waals surface area contributed by atoms with Crippen molar-refractivity contribution in [3.63, 3.8) is 0 Å². The summed E-state index contributed by atoms with van der Waals surface area (Å²) in [5.41, 5.74) is -0.956. The first kappa shape index (κ1) is 16.4. The van der Waals surface area contributed by atoms with Crippen molar-refractivity contribution in [3.05, 3.63) is 35.6 Å². The summed E-state index contributed by atoms with van der Waals surface area (Å²) >= 11 is 0. The standard InChI is InChI=1S/C15H19FN2O4S/c1-17-6-12-7-18(10-15(12,9-17)14(19)20)23(21,22)8-11-4-2-3-5-13(11)16/h2-5,12H,6-10H2,1H3,(H,19,20)/t12?,15-/m0/s1. The maximum absolute atomic E-state index is 13.7. The Morgan fingerprint density at radius 3 is 2.65 bits per heavy atom. The molecule has 8 heteroatoms. The van der Waals surface area contributed by atoms with E-state index in [-0.39, 0.29) is 24.6 Å². The molecule has 2 heterocycles. The Balaban J connectivity index is 1.83. The summed E-state index contributed by atoms with van der Waals surface area (Å²) in [7, 11) is -1.92. The maximum Gasteiger partial charge on any atom is 0.312 e. The van der Waals surface area contributed by atoms with E-state index < -0.39 is 33.0 Å². The Morgan fingerprint density at radius 1 is 1.35 bits per heavy atom. The predicted octanol–water partition coefficient (Wildman–Crippen LogP) is 0.604. The Bertz CT molecular complexity index is 739. The van der Waals surface area contributed by atoms with E-state index in [1.54, 1.807) is 6.07 Å². The molecule has 0 radical (unpaired) electrons. The first-order chi connectivity index (χ1) is 10.7. The zero-order valence-electron chi connectivity index (χ0n) is 12.8. The molecule has 0 aliphatic carbocycles. The van der Waals surface area contributed by atoms with Gasteiger partial charge in [0.2, 0.25) is 10.0 Å². The molecular weight excluding hydrogens is 323 g/mol. The summed E-state index contributed by atoms with van der Waals surface area (Å²) in [5, 5.41) is 9.60. The molecule has 2 aliphatic heterocycles. The molecule has 1 N–H and O–H groups in total. The van der Waals surface area contributed by atoms with Crippen LogP contribution >= 0.6 is 0 Å². The number of hydrogen-bond donors (Lipinski definition) is 1. The van der Waals surface area contributed by atoms with Crippen LogP contribution in [0.15, 0.2) is 24.3 Å². The minimum Gasteiger partial charge on any atom is -0.481 e. The normalized spacial score (nSPS) is 28.9. The molecule has 0 amide bonds. The molecule has 0 spiro atoms. The van der Waals surface area contributed by atoms with Crippen molar-refractivity contribution < 1.29 is 22.7 Å². The van der Waals surface area contributed by atoms with Crippen LogP contribution in [0.5, 0.6) is 0 Å². The predicted molar refractivity (Wildman–Crippen MR) is 81.7 cm³/mol. The fraction of sp³-hybridized carbons (Fsp3) is 0.533. The van der Waals surface area contributed by atoms with Gasteiger partial charge in [-0.15, -0.1) is 0 Å². The van der Waals surface area contributed by atoms with Crippen molar-refractivity contribution in [1.82, 2.24) is 9.21 Å². The van der Waals surface area contributed by atoms with Crippen LogP contribution < -0.4 is 0 Å². The SMILES string of the molecule is CN1CC2CN(S(=O)(=O)Cc3ccccc3F)C[C@@]2(C(=O)O)C1. The summed E-state index contributed by atoms with van der Waals surface area (Å²) < 4.78 is 40.1. The Labute approximate surface area is 134 Å². The molecule has 0 saturated carbocycles. The lowest BCUT2D eigenvalue weighted by molar-refractivity contribution is -0.148. The number of nitrogens with zero attached hydrogens (tertiary/aromatic N) is 2. The van der Waals surface area contributed by atoms with Gasteiger partial charge in [-0.2, -0.15) is 0 Å². The average Bonchev–Trinajstić information content (AvgIpc) is 2.95. The van der Waals surface area contributed by atoms with Crippen LogP contribution in [-0.2, 0) is 20.6 Å². The fourth-order valence-corrected chi connectivity index (χ4v) is 5.33. The number of benzene rings is 1. The lowest BCUT2D eigenvalue weighted by atomic mass is 9.81. The molecule has 23 heavy (non-hydrogen) atoms. The van der Waals surface area contributed by atoms with E-state index in [0.717, 1.165) is 0 Å². The number of fused-ring (bicyclic) bond motifs is 1. The third-order valence-corrected chi connectivity index (χ3v) is 6.60. The van der Waals surface area contributed by atoms with E-state index in [9.17, 15) is 22.7 Å². The monoisotopic (exact) mass is 342 g/mol. The number of sulfonamides is 1. The maximum atomic E-state index is 13.7. The number of rotatable bonds is 4. The number of hydrogen-bond acceptors (Lipinski definition) is 4. The van der Waals surface area contributed by atoms with Gasteiger partial charge in [0.15, 0.2) is 0 Å². The van der Waals surface area contributed by atoms with Crippen LogP contribution in [0.2, 0.25) is 0 Å². The molecule has 126 valence electrons. The van der Waals surface area contributed by atoms with E-state index in [0.29, 0.717) is 13.1 Å². The highest BCUT2D eigenvalue weighted by molar-refractivity contribution is 7.88.